The highest BCUT2D eigenvalue weighted by Crippen LogP contribution is 2.26. The Bertz CT molecular complexity index is 641. The van der Waals surface area contributed by atoms with E-state index in [9.17, 15) is 17.6 Å². The summed E-state index contributed by atoms with van der Waals surface area (Å²) in [6.45, 7) is 1.91. The molecule has 1 aliphatic rings. The van der Waals surface area contributed by atoms with Crippen molar-refractivity contribution in [3.05, 3.63) is 29.1 Å². The van der Waals surface area contributed by atoms with E-state index in [1.807, 2.05) is 0 Å². The van der Waals surface area contributed by atoms with Crippen molar-refractivity contribution >= 4 is 25.6 Å². The molecule has 0 spiro atoms. The van der Waals surface area contributed by atoms with Crippen molar-refractivity contribution in [2.45, 2.75) is 31.1 Å². The van der Waals surface area contributed by atoms with E-state index in [1.165, 1.54) is 6.92 Å². The van der Waals surface area contributed by atoms with E-state index in [-0.39, 0.29) is 16.0 Å². The van der Waals surface area contributed by atoms with Gasteiger partial charge in [0.2, 0.25) is 0 Å². The molecule has 20 heavy (non-hydrogen) atoms. The number of amides is 1. The summed E-state index contributed by atoms with van der Waals surface area (Å²) < 4.78 is 36.5. The molecule has 1 aromatic carbocycles. The van der Waals surface area contributed by atoms with Crippen molar-refractivity contribution in [2.24, 2.45) is 5.92 Å². The molecule has 0 aliphatic heterocycles. The third-order valence-electron chi connectivity index (χ3n) is 3.55. The maximum atomic E-state index is 13.8. The second-order valence-electron chi connectivity index (χ2n) is 5.04. The van der Waals surface area contributed by atoms with Crippen molar-refractivity contribution in [3.8, 4) is 0 Å². The van der Waals surface area contributed by atoms with Crippen LogP contribution in [-0.2, 0) is 9.05 Å². The number of rotatable bonds is 4. The van der Waals surface area contributed by atoms with Crippen LogP contribution in [0.25, 0.3) is 0 Å². The molecule has 0 unspecified atom stereocenters. The fourth-order valence-corrected chi connectivity index (χ4v) is 3.32. The number of nitrogens with one attached hydrogen (secondary N) is 1. The molecule has 0 atom stereocenters. The van der Waals surface area contributed by atoms with E-state index in [0.717, 1.165) is 31.4 Å². The van der Waals surface area contributed by atoms with Crippen LogP contribution in [0.2, 0.25) is 0 Å². The molecular weight excluding hydrogens is 305 g/mol. The maximum absolute atomic E-state index is 13.8. The van der Waals surface area contributed by atoms with Gasteiger partial charge in [-0.2, -0.15) is 0 Å². The number of hydrogen-bond donors (Lipinski definition) is 1. The topological polar surface area (TPSA) is 63.2 Å². The van der Waals surface area contributed by atoms with Crippen molar-refractivity contribution in [1.29, 1.82) is 0 Å². The lowest BCUT2D eigenvalue weighted by Gasteiger charge is -2.25. The number of halogens is 2. The normalized spacial score (nSPS) is 15.8. The fourth-order valence-electron chi connectivity index (χ4n) is 2.12. The van der Waals surface area contributed by atoms with Crippen LogP contribution in [0.1, 0.15) is 35.2 Å². The number of hydrogen-bond acceptors (Lipinski definition) is 3. The SMILES string of the molecule is Cc1cc(F)c(C(=O)NCC2CCC2)cc1S(=O)(=O)Cl. The van der Waals surface area contributed by atoms with Crippen LogP contribution < -0.4 is 5.32 Å². The Morgan fingerprint density at radius 2 is 2.10 bits per heavy atom. The molecule has 1 fully saturated rings. The maximum Gasteiger partial charge on any atom is 0.261 e. The van der Waals surface area contributed by atoms with E-state index in [0.29, 0.717) is 12.5 Å². The first kappa shape index (κ1) is 15.3. The van der Waals surface area contributed by atoms with E-state index in [1.54, 1.807) is 0 Å². The minimum atomic E-state index is -4.01. The Hall–Kier alpha value is -1.14. The van der Waals surface area contributed by atoms with Gasteiger partial charge in [-0.15, -0.1) is 0 Å². The summed E-state index contributed by atoms with van der Waals surface area (Å²) in [5, 5.41) is 2.62. The van der Waals surface area contributed by atoms with Crippen molar-refractivity contribution < 1.29 is 17.6 Å². The van der Waals surface area contributed by atoms with Crippen LogP contribution in [0.4, 0.5) is 4.39 Å². The van der Waals surface area contributed by atoms with E-state index in [4.69, 9.17) is 10.7 Å². The predicted molar refractivity (Wildman–Crippen MR) is 73.9 cm³/mol. The first-order chi connectivity index (χ1) is 9.29. The average molecular weight is 320 g/mol. The smallest absolute Gasteiger partial charge is 0.261 e. The third-order valence-corrected chi connectivity index (χ3v) is 5.01. The van der Waals surface area contributed by atoms with Gasteiger partial charge in [0.15, 0.2) is 0 Å². The van der Waals surface area contributed by atoms with Crippen LogP contribution >= 0.6 is 10.7 Å². The Kier molecular flexibility index (Phi) is 4.34. The Morgan fingerprint density at radius 3 is 2.60 bits per heavy atom. The summed E-state index contributed by atoms with van der Waals surface area (Å²) in [4.78, 5) is 11.7. The molecule has 0 bridgehead atoms. The summed E-state index contributed by atoms with van der Waals surface area (Å²) in [5.74, 6) is -0.933. The van der Waals surface area contributed by atoms with Gasteiger partial charge in [-0.3, -0.25) is 4.79 Å². The zero-order valence-electron chi connectivity index (χ0n) is 10.9. The molecule has 1 aromatic rings. The van der Waals surface area contributed by atoms with Gasteiger partial charge in [0.25, 0.3) is 15.0 Å². The highest BCUT2D eigenvalue weighted by Gasteiger charge is 2.22. The summed E-state index contributed by atoms with van der Waals surface area (Å²) in [5.41, 5.74) is -0.123. The van der Waals surface area contributed by atoms with Crippen LogP contribution in [-0.4, -0.2) is 20.9 Å². The van der Waals surface area contributed by atoms with Gasteiger partial charge in [-0.1, -0.05) is 6.42 Å². The standard InChI is InChI=1S/C13H15ClFNO3S/c1-8-5-11(15)10(6-12(8)20(14,18)19)13(17)16-7-9-3-2-4-9/h5-6,9H,2-4,7H2,1H3,(H,16,17). The first-order valence-corrected chi connectivity index (χ1v) is 8.63. The lowest BCUT2D eigenvalue weighted by Crippen LogP contribution is -2.32. The minimum Gasteiger partial charge on any atom is -0.352 e. The van der Waals surface area contributed by atoms with E-state index >= 15 is 0 Å². The van der Waals surface area contributed by atoms with Crippen molar-refractivity contribution in [3.63, 3.8) is 0 Å². The van der Waals surface area contributed by atoms with E-state index < -0.39 is 20.8 Å². The van der Waals surface area contributed by atoms with Gasteiger partial charge < -0.3 is 5.32 Å². The molecule has 1 amide bonds. The van der Waals surface area contributed by atoms with Gasteiger partial charge in [-0.25, -0.2) is 12.8 Å². The van der Waals surface area contributed by atoms with Crippen LogP contribution in [0.3, 0.4) is 0 Å². The molecule has 1 saturated carbocycles. The Morgan fingerprint density at radius 1 is 1.45 bits per heavy atom. The summed E-state index contributed by atoms with van der Waals surface area (Å²) in [7, 11) is 1.26. The molecule has 0 radical (unpaired) electrons. The molecule has 1 N–H and O–H groups in total. The molecule has 110 valence electrons. The number of benzene rings is 1. The average Bonchev–Trinajstić information content (AvgIpc) is 2.24. The van der Waals surface area contributed by atoms with Gasteiger partial charge >= 0.3 is 0 Å². The Balaban J connectivity index is 2.23. The highest BCUT2D eigenvalue weighted by atomic mass is 35.7. The predicted octanol–water partition coefficient (Wildman–Crippen LogP) is 2.59. The molecular formula is C13H15ClFNO3S. The van der Waals surface area contributed by atoms with Crippen LogP contribution in [0, 0.1) is 18.7 Å². The summed E-state index contributed by atoms with van der Waals surface area (Å²) in [6.07, 6.45) is 3.25. The van der Waals surface area contributed by atoms with Crippen molar-refractivity contribution in [2.75, 3.05) is 6.54 Å². The molecule has 0 aromatic heterocycles. The zero-order valence-corrected chi connectivity index (χ0v) is 12.5. The quantitative estimate of drug-likeness (QED) is 0.868. The minimum absolute atomic E-state index is 0.174. The third kappa shape index (κ3) is 3.30. The lowest BCUT2D eigenvalue weighted by molar-refractivity contribution is 0.0935. The molecule has 2 rings (SSSR count). The summed E-state index contributed by atoms with van der Waals surface area (Å²) in [6, 6.07) is 2.00. The number of aryl methyl sites for hydroxylation is 1. The molecule has 4 nitrogen and oxygen atoms in total. The van der Waals surface area contributed by atoms with Gasteiger partial charge in [-0.05, 0) is 43.4 Å². The van der Waals surface area contributed by atoms with Crippen molar-refractivity contribution in [1.82, 2.24) is 5.32 Å². The number of carbonyl (C=O) groups excluding carboxylic acids is 1. The second-order valence-corrected chi connectivity index (χ2v) is 7.58. The molecule has 7 heteroatoms. The monoisotopic (exact) mass is 319 g/mol. The largest absolute Gasteiger partial charge is 0.352 e. The number of carbonyl (C=O) groups is 1. The Labute approximate surface area is 121 Å². The van der Waals surface area contributed by atoms with Gasteiger partial charge in [0.1, 0.15) is 5.82 Å². The highest BCUT2D eigenvalue weighted by molar-refractivity contribution is 8.13. The molecule has 1 aliphatic carbocycles. The second kappa shape index (κ2) is 5.69. The van der Waals surface area contributed by atoms with Crippen LogP contribution in [0.15, 0.2) is 17.0 Å². The lowest BCUT2D eigenvalue weighted by atomic mass is 9.85. The van der Waals surface area contributed by atoms with E-state index in [2.05, 4.69) is 5.32 Å². The fraction of sp³-hybridized carbons (Fsp3) is 0.462. The summed E-state index contributed by atoms with van der Waals surface area (Å²) >= 11 is 0. The molecule has 0 saturated heterocycles. The first-order valence-electron chi connectivity index (χ1n) is 6.32. The molecule has 0 heterocycles. The van der Waals surface area contributed by atoms with Gasteiger partial charge in [0.05, 0.1) is 10.5 Å². The van der Waals surface area contributed by atoms with Crippen LogP contribution in [0.5, 0.6) is 0 Å². The van der Waals surface area contributed by atoms with Gasteiger partial charge in [0, 0.05) is 17.2 Å². The zero-order chi connectivity index (χ0) is 14.9.